The van der Waals surface area contributed by atoms with Gasteiger partial charge in [0.2, 0.25) is 6.29 Å². The number of quaternary nitrogens is 1. The number of hydrogen-bond acceptors (Lipinski definition) is 13. The van der Waals surface area contributed by atoms with E-state index in [1.807, 2.05) is 0 Å². The Balaban J connectivity index is 1.73. The number of aliphatic carboxylic acids is 1. The molecule has 0 spiro atoms. The molecule has 1 saturated carbocycles. The van der Waals surface area contributed by atoms with Crippen LogP contribution in [0.15, 0.2) is 64.7 Å². The maximum Gasteiger partial charge on any atom is 0.343 e. The number of carbonyl (C=O) groups excluding carboxylic acids is 1. The van der Waals surface area contributed by atoms with E-state index in [1.165, 1.54) is 18.5 Å². The molecule has 17 nitrogen and oxygen atoms in total. The lowest BCUT2D eigenvalue weighted by molar-refractivity contribution is -0.843. The first-order valence-corrected chi connectivity index (χ1v) is 17.2. The topological polar surface area (TPSA) is 268 Å². The molecule has 3 heterocycles. The van der Waals surface area contributed by atoms with Gasteiger partial charge in [-0.1, -0.05) is 24.6 Å². The van der Waals surface area contributed by atoms with Crippen LogP contribution in [-0.4, -0.2) is 136 Å². The van der Waals surface area contributed by atoms with Crippen molar-refractivity contribution in [2.24, 2.45) is 22.6 Å². The molecular weight excluding hydrogens is 672 g/mol. The Labute approximate surface area is 295 Å². The normalized spacial score (nSPS) is 32.2. The van der Waals surface area contributed by atoms with Crippen LogP contribution in [-0.2, 0) is 28.5 Å². The Morgan fingerprint density at radius 2 is 1.82 bits per heavy atom. The highest BCUT2D eigenvalue weighted by molar-refractivity contribution is 5.94. The Kier molecular flexibility index (Phi) is 15.2. The number of carbonyl (C=O) groups is 2. The van der Waals surface area contributed by atoms with E-state index < -0.39 is 67.4 Å². The molecule has 1 unspecified atom stereocenters. The van der Waals surface area contributed by atoms with Crippen molar-refractivity contribution in [2.75, 3.05) is 39.5 Å². The van der Waals surface area contributed by atoms with E-state index >= 15 is 0 Å². The standard InChI is InChI=1S/C34H50N4O13/c1-2-21-22(10-9-19-15-38(12-14-40)16-23(30(45)46)26(19)37-34(35)36-11-6-13-39)24(31(47)49-20-7-4-3-5-8-20)18-48-32(21)51-33-29(44)28(43)27(42)25(17-41)50-33/h2,9-10,16,18,20-22,25,27-29,32-33,39-44H,1,3-8,11-15,17H2,(H,45,46)(H3,35,36,37)/p+1/b10-9+/t21-,22+,25-,27-,28+,29-,32+,33+/m1/s1. The van der Waals surface area contributed by atoms with E-state index in [0.717, 1.165) is 19.3 Å². The number of ether oxygens (including phenoxy) is 4. The quantitative estimate of drug-likeness (QED) is 0.0271. The highest BCUT2D eigenvalue weighted by Crippen LogP contribution is 2.37. The van der Waals surface area contributed by atoms with Crippen molar-refractivity contribution in [1.82, 2.24) is 5.32 Å². The summed E-state index contributed by atoms with van der Waals surface area (Å²) in [6, 6.07) is 0. The average molecular weight is 724 g/mol. The molecule has 3 aliphatic heterocycles. The largest absolute Gasteiger partial charge is 0.477 e. The number of guanidine groups is 1. The van der Waals surface area contributed by atoms with Crippen molar-refractivity contribution in [3.63, 3.8) is 0 Å². The zero-order valence-electron chi connectivity index (χ0n) is 28.4. The lowest BCUT2D eigenvalue weighted by atomic mass is 9.83. The second-order valence-electron chi connectivity index (χ2n) is 12.8. The molecule has 4 aliphatic rings. The Hall–Kier alpha value is -3.65. The molecule has 17 heteroatoms. The molecule has 0 radical (unpaired) electrons. The molecule has 1 saturated heterocycles. The average Bonchev–Trinajstić information content (AvgIpc) is 3.12. The fraction of sp³-hybridized carbons (Fsp3) is 0.618. The van der Waals surface area contributed by atoms with Crippen molar-refractivity contribution in [3.8, 4) is 0 Å². The first-order valence-electron chi connectivity index (χ1n) is 17.2. The summed E-state index contributed by atoms with van der Waals surface area (Å²) in [4.78, 5) is 30.9. The van der Waals surface area contributed by atoms with Gasteiger partial charge in [0.1, 0.15) is 55.4 Å². The van der Waals surface area contributed by atoms with Gasteiger partial charge in [0.05, 0.1) is 36.7 Å². The first-order chi connectivity index (χ1) is 24.5. The van der Waals surface area contributed by atoms with Crippen molar-refractivity contribution in [1.29, 1.82) is 0 Å². The van der Waals surface area contributed by atoms with Crippen LogP contribution in [0.5, 0.6) is 0 Å². The summed E-state index contributed by atoms with van der Waals surface area (Å²) in [6.07, 6.45) is 2.65. The number of nitrogens with one attached hydrogen (secondary N) is 2. The molecule has 1 aliphatic carbocycles. The van der Waals surface area contributed by atoms with Crippen LogP contribution in [0.4, 0.5) is 0 Å². The smallest absolute Gasteiger partial charge is 0.343 e. The van der Waals surface area contributed by atoms with Crippen molar-refractivity contribution < 1.29 is 69.2 Å². The molecular formula is C34H51N4O13+. The summed E-state index contributed by atoms with van der Waals surface area (Å²) in [6.45, 7) is 3.51. The number of nitrogens with two attached hydrogens (primary N) is 1. The maximum absolute atomic E-state index is 13.7. The molecule has 0 aromatic carbocycles. The van der Waals surface area contributed by atoms with Gasteiger partial charge in [0.15, 0.2) is 12.2 Å². The van der Waals surface area contributed by atoms with E-state index in [-0.39, 0.29) is 61.8 Å². The maximum atomic E-state index is 13.7. The van der Waals surface area contributed by atoms with E-state index in [4.69, 9.17) is 29.8 Å². The number of esters is 1. The summed E-state index contributed by atoms with van der Waals surface area (Å²) in [7, 11) is 0. The van der Waals surface area contributed by atoms with Crippen molar-refractivity contribution >= 4 is 17.9 Å². The SMILES string of the molecule is C=C[C@H]1[C@H](O[C@@H]2O[C@H](CO)[C@@H](O)[C@H](O)[C@H]2O)OC=C(C(=O)OC2CCCCC2)[C@H]1/C=C/C1=C(NC(N)=NCCCO)C(C(=O)O)=C[NH+](CCO)C1. The summed E-state index contributed by atoms with van der Waals surface area (Å²) < 4.78 is 23.2. The van der Waals surface area contributed by atoms with E-state index in [2.05, 4.69) is 16.9 Å². The molecule has 9 atom stereocenters. The monoisotopic (exact) mass is 723 g/mol. The second kappa shape index (κ2) is 19.3. The van der Waals surface area contributed by atoms with Crippen LogP contribution in [0.1, 0.15) is 38.5 Å². The minimum atomic E-state index is -1.72. The molecule has 2 fully saturated rings. The number of carboxylic acids is 1. The molecule has 11 N–H and O–H groups in total. The number of aliphatic hydroxyl groups is 6. The lowest BCUT2D eigenvalue weighted by Crippen LogP contribution is -3.09. The van der Waals surface area contributed by atoms with E-state index in [9.17, 15) is 40.2 Å². The minimum Gasteiger partial charge on any atom is -0.477 e. The fourth-order valence-electron chi connectivity index (χ4n) is 6.45. The Morgan fingerprint density at radius 1 is 1.08 bits per heavy atom. The lowest BCUT2D eigenvalue weighted by Gasteiger charge is -2.42. The zero-order chi connectivity index (χ0) is 37.1. The number of allylic oxidation sites excluding steroid dienone is 1. The molecule has 51 heavy (non-hydrogen) atoms. The van der Waals surface area contributed by atoms with Crippen LogP contribution in [0.3, 0.4) is 0 Å². The summed E-state index contributed by atoms with van der Waals surface area (Å²) in [5, 5.41) is 72.6. The van der Waals surface area contributed by atoms with Gasteiger partial charge >= 0.3 is 11.9 Å². The fourth-order valence-corrected chi connectivity index (χ4v) is 6.45. The number of nitrogens with zero attached hydrogens (tertiary/aromatic N) is 1. The Morgan fingerprint density at radius 3 is 2.47 bits per heavy atom. The van der Waals surface area contributed by atoms with Gasteiger partial charge < -0.3 is 70.6 Å². The van der Waals surface area contributed by atoms with Crippen LogP contribution in [0, 0.1) is 11.8 Å². The third-order valence-electron chi connectivity index (χ3n) is 9.24. The van der Waals surface area contributed by atoms with E-state index in [1.54, 1.807) is 12.2 Å². The van der Waals surface area contributed by atoms with Gasteiger partial charge in [-0.15, -0.1) is 6.58 Å². The second-order valence-corrected chi connectivity index (χ2v) is 12.8. The van der Waals surface area contributed by atoms with Crippen LogP contribution in [0.2, 0.25) is 0 Å². The highest BCUT2D eigenvalue weighted by atomic mass is 16.8. The summed E-state index contributed by atoms with van der Waals surface area (Å²) in [5.41, 5.74) is 6.65. The molecule has 0 amide bonds. The third-order valence-corrected chi connectivity index (χ3v) is 9.24. The number of carboxylic acid groups (broad SMARTS) is 1. The molecule has 4 rings (SSSR count). The molecule has 0 bridgehead atoms. The predicted octanol–water partition coefficient (Wildman–Crippen LogP) is -2.71. The minimum absolute atomic E-state index is 0.0817. The van der Waals surface area contributed by atoms with E-state index in [0.29, 0.717) is 29.7 Å². The Bertz CT molecular complexity index is 1370. The third kappa shape index (κ3) is 10.2. The highest BCUT2D eigenvalue weighted by Gasteiger charge is 2.47. The molecule has 0 aromatic rings. The zero-order valence-corrected chi connectivity index (χ0v) is 28.4. The number of aliphatic hydroxyl groups excluding tert-OH is 6. The van der Waals surface area contributed by atoms with Gasteiger partial charge in [0.25, 0.3) is 0 Å². The molecule has 0 aromatic heterocycles. The van der Waals surface area contributed by atoms with Gasteiger partial charge in [0, 0.05) is 24.6 Å². The number of hydrogen-bond donors (Lipinski definition) is 10. The van der Waals surface area contributed by atoms with Crippen LogP contribution in [0.25, 0.3) is 0 Å². The number of rotatable bonds is 15. The van der Waals surface area contributed by atoms with Gasteiger partial charge in [-0.05, 0) is 32.1 Å². The number of aliphatic imine (C=N–C) groups is 1. The van der Waals surface area contributed by atoms with Crippen molar-refractivity contribution in [2.45, 2.75) is 81.6 Å². The van der Waals surface area contributed by atoms with Crippen molar-refractivity contribution in [3.05, 3.63) is 59.7 Å². The first kappa shape index (κ1) is 40.1. The van der Waals surface area contributed by atoms with Crippen LogP contribution >= 0.6 is 0 Å². The van der Waals surface area contributed by atoms with Gasteiger partial charge in [-0.3, -0.25) is 4.99 Å². The summed E-state index contributed by atoms with van der Waals surface area (Å²) in [5.74, 6) is -3.69. The van der Waals surface area contributed by atoms with Gasteiger partial charge in [-0.2, -0.15) is 0 Å². The van der Waals surface area contributed by atoms with Crippen LogP contribution < -0.4 is 16.0 Å². The molecule has 284 valence electrons. The predicted molar refractivity (Wildman–Crippen MR) is 179 cm³/mol. The summed E-state index contributed by atoms with van der Waals surface area (Å²) >= 11 is 0. The van der Waals surface area contributed by atoms with Gasteiger partial charge in [-0.25, -0.2) is 9.59 Å².